The van der Waals surface area contributed by atoms with Crippen molar-refractivity contribution in [1.29, 1.82) is 0 Å². The molecule has 0 bridgehead atoms. The first-order chi connectivity index (χ1) is 9.77. The Kier molecular flexibility index (Phi) is 10.8. The average Bonchev–Trinajstić information content (AvgIpc) is 2.52. The molecule has 114 valence electrons. The molecule has 1 saturated heterocycles. The third-order valence-corrected chi connectivity index (χ3v) is 3.19. The fraction of sp³-hybridized carbons (Fsp3) is 0.556. The predicted molar refractivity (Wildman–Crippen MR) is 91.9 cm³/mol. The van der Waals surface area contributed by atoms with Gasteiger partial charge in [0.05, 0.1) is 0 Å². The zero-order chi connectivity index (χ0) is 15.4. The van der Waals surface area contributed by atoms with E-state index in [1.807, 2.05) is 27.7 Å². The maximum absolute atomic E-state index is 4.15. The van der Waals surface area contributed by atoms with Gasteiger partial charge in [0, 0.05) is 11.7 Å². The van der Waals surface area contributed by atoms with Gasteiger partial charge in [-0.05, 0) is 44.0 Å². The molecule has 0 aliphatic carbocycles. The van der Waals surface area contributed by atoms with Gasteiger partial charge in [0.2, 0.25) is 0 Å². The van der Waals surface area contributed by atoms with Gasteiger partial charge in [-0.1, -0.05) is 58.5 Å². The minimum absolute atomic E-state index is 0.577. The standard InChI is InChI=1S/C14H20N2.2C2H6/c1-11-5-3-4-6-14(11)12(2)16-13-7-9-15-10-8-13;2*1-2/h3-6,13,15-16H,2,7-10H2,1H3;2*1-2H3. The summed E-state index contributed by atoms with van der Waals surface area (Å²) in [5.41, 5.74) is 3.58. The Bertz CT molecular complexity index is 365. The highest BCUT2D eigenvalue weighted by atomic mass is 15.0. The molecule has 1 heterocycles. The van der Waals surface area contributed by atoms with Crippen molar-refractivity contribution in [3.63, 3.8) is 0 Å². The van der Waals surface area contributed by atoms with E-state index in [0.717, 1.165) is 18.8 Å². The van der Waals surface area contributed by atoms with Gasteiger partial charge in [-0.3, -0.25) is 0 Å². The lowest BCUT2D eigenvalue weighted by Gasteiger charge is -2.26. The molecule has 2 N–H and O–H groups in total. The van der Waals surface area contributed by atoms with Crippen molar-refractivity contribution >= 4 is 5.70 Å². The van der Waals surface area contributed by atoms with E-state index in [-0.39, 0.29) is 0 Å². The van der Waals surface area contributed by atoms with Crippen LogP contribution in [0, 0.1) is 6.92 Å². The molecule has 0 aromatic heterocycles. The number of hydrogen-bond donors (Lipinski definition) is 2. The molecular weight excluding hydrogens is 244 g/mol. The molecule has 2 heteroatoms. The molecule has 2 rings (SSSR count). The predicted octanol–water partition coefficient (Wildman–Crippen LogP) is 4.36. The average molecular weight is 276 g/mol. The maximum atomic E-state index is 4.15. The molecular formula is C18H32N2. The van der Waals surface area contributed by atoms with E-state index >= 15 is 0 Å². The molecule has 0 radical (unpaired) electrons. The minimum atomic E-state index is 0.577. The molecule has 0 unspecified atom stereocenters. The highest BCUT2D eigenvalue weighted by Crippen LogP contribution is 2.16. The lowest BCUT2D eigenvalue weighted by Crippen LogP contribution is -2.39. The van der Waals surface area contributed by atoms with Crippen LogP contribution >= 0.6 is 0 Å². The van der Waals surface area contributed by atoms with Crippen LogP contribution in [0.15, 0.2) is 30.8 Å². The monoisotopic (exact) mass is 276 g/mol. The number of hydrogen-bond acceptors (Lipinski definition) is 2. The first-order valence-electron chi connectivity index (χ1n) is 7.99. The Morgan fingerprint density at radius 2 is 1.65 bits per heavy atom. The molecule has 0 spiro atoms. The van der Waals surface area contributed by atoms with Gasteiger partial charge in [0.15, 0.2) is 0 Å². The van der Waals surface area contributed by atoms with Crippen LogP contribution in [0.2, 0.25) is 0 Å². The van der Waals surface area contributed by atoms with Gasteiger partial charge in [-0.25, -0.2) is 0 Å². The quantitative estimate of drug-likeness (QED) is 0.857. The Balaban J connectivity index is 0.000000829. The van der Waals surface area contributed by atoms with Gasteiger partial charge in [-0.2, -0.15) is 0 Å². The lowest BCUT2D eigenvalue weighted by atomic mass is 10.0. The van der Waals surface area contributed by atoms with Crippen LogP contribution < -0.4 is 10.6 Å². The summed E-state index contributed by atoms with van der Waals surface area (Å²) in [6.07, 6.45) is 2.37. The summed E-state index contributed by atoms with van der Waals surface area (Å²) in [6.45, 7) is 16.5. The van der Waals surface area contributed by atoms with E-state index in [4.69, 9.17) is 0 Å². The van der Waals surface area contributed by atoms with E-state index in [1.54, 1.807) is 0 Å². The SMILES string of the molecule is C=C(NC1CCNCC1)c1ccccc1C.CC.CC. The molecule has 1 aliphatic heterocycles. The van der Waals surface area contributed by atoms with Gasteiger partial charge in [0.1, 0.15) is 0 Å². The van der Waals surface area contributed by atoms with Crippen LogP contribution in [0.4, 0.5) is 0 Å². The number of nitrogens with one attached hydrogen (secondary N) is 2. The van der Waals surface area contributed by atoms with Gasteiger partial charge in [0.25, 0.3) is 0 Å². The lowest BCUT2D eigenvalue weighted by molar-refractivity contribution is 0.425. The maximum Gasteiger partial charge on any atom is 0.0345 e. The van der Waals surface area contributed by atoms with E-state index in [0.29, 0.717) is 6.04 Å². The normalized spacial score (nSPS) is 14.2. The smallest absolute Gasteiger partial charge is 0.0345 e. The van der Waals surface area contributed by atoms with Gasteiger partial charge < -0.3 is 10.6 Å². The number of rotatable bonds is 3. The van der Waals surface area contributed by atoms with Crippen molar-refractivity contribution in [1.82, 2.24) is 10.6 Å². The summed E-state index contributed by atoms with van der Waals surface area (Å²) in [4.78, 5) is 0. The fourth-order valence-electron chi connectivity index (χ4n) is 2.20. The zero-order valence-corrected chi connectivity index (χ0v) is 13.9. The molecule has 1 fully saturated rings. The fourth-order valence-corrected chi connectivity index (χ4v) is 2.20. The van der Waals surface area contributed by atoms with Crippen LogP contribution in [0.3, 0.4) is 0 Å². The topological polar surface area (TPSA) is 24.1 Å². The molecule has 1 aromatic carbocycles. The summed E-state index contributed by atoms with van der Waals surface area (Å²) in [5, 5.41) is 6.91. The Hall–Kier alpha value is -1.28. The largest absolute Gasteiger partial charge is 0.382 e. The van der Waals surface area contributed by atoms with Crippen LogP contribution in [0.1, 0.15) is 51.7 Å². The van der Waals surface area contributed by atoms with Crippen molar-refractivity contribution < 1.29 is 0 Å². The highest BCUT2D eigenvalue weighted by Gasteiger charge is 2.13. The summed E-state index contributed by atoms with van der Waals surface area (Å²) in [7, 11) is 0. The Morgan fingerprint density at radius 1 is 1.10 bits per heavy atom. The van der Waals surface area contributed by atoms with Crippen molar-refractivity contribution in [3.8, 4) is 0 Å². The molecule has 1 aliphatic rings. The summed E-state index contributed by atoms with van der Waals surface area (Å²) < 4.78 is 0. The highest BCUT2D eigenvalue weighted by molar-refractivity contribution is 5.64. The van der Waals surface area contributed by atoms with E-state index in [2.05, 4.69) is 48.4 Å². The zero-order valence-electron chi connectivity index (χ0n) is 13.9. The van der Waals surface area contributed by atoms with Crippen LogP contribution in [0.5, 0.6) is 0 Å². The second-order valence-electron chi connectivity index (χ2n) is 4.46. The van der Waals surface area contributed by atoms with E-state index < -0.39 is 0 Å². The molecule has 0 saturated carbocycles. The molecule has 2 nitrogen and oxygen atoms in total. The molecule has 1 aromatic rings. The molecule has 0 atom stereocenters. The van der Waals surface area contributed by atoms with Crippen molar-refractivity contribution in [2.45, 2.75) is 53.5 Å². The van der Waals surface area contributed by atoms with E-state index in [9.17, 15) is 0 Å². The third-order valence-electron chi connectivity index (χ3n) is 3.19. The van der Waals surface area contributed by atoms with Crippen molar-refractivity contribution in [2.24, 2.45) is 0 Å². The first-order valence-corrected chi connectivity index (χ1v) is 7.99. The minimum Gasteiger partial charge on any atom is -0.382 e. The van der Waals surface area contributed by atoms with Gasteiger partial charge in [-0.15, -0.1) is 0 Å². The second-order valence-corrected chi connectivity index (χ2v) is 4.46. The Labute approximate surface area is 125 Å². The Morgan fingerprint density at radius 3 is 2.20 bits per heavy atom. The summed E-state index contributed by atoms with van der Waals surface area (Å²) in [5.74, 6) is 0. The molecule has 20 heavy (non-hydrogen) atoms. The van der Waals surface area contributed by atoms with E-state index in [1.165, 1.54) is 24.0 Å². The number of aryl methyl sites for hydroxylation is 1. The van der Waals surface area contributed by atoms with Crippen LogP contribution in [-0.4, -0.2) is 19.1 Å². The third kappa shape index (κ3) is 6.25. The van der Waals surface area contributed by atoms with Crippen LogP contribution in [0.25, 0.3) is 5.70 Å². The molecule has 0 amide bonds. The first kappa shape index (κ1) is 18.7. The van der Waals surface area contributed by atoms with Crippen LogP contribution in [-0.2, 0) is 0 Å². The van der Waals surface area contributed by atoms with Crippen molar-refractivity contribution in [2.75, 3.05) is 13.1 Å². The number of piperidine rings is 1. The summed E-state index contributed by atoms with van der Waals surface area (Å²) >= 11 is 0. The van der Waals surface area contributed by atoms with Crippen molar-refractivity contribution in [3.05, 3.63) is 42.0 Å². The summed E-state index contributed by atoms with van der Waals surface area (Å²) in [6, 6.07) is 8.97. The second kappa shape index (κ2) is 11.5. The number of benzene rings is 1. The van der Waals surface area contributed by atoms with Gasteiger partial charge >= 0.3 is 0 Å².